The maximum Gasteiger partial charge on any atom is 0.270 e. The van der Waals surface area contributed by atoms with Crippen LogP contribution in [0.25, 0.3) is 0 Å². The summed E-state index contributed by atoms with van der Waals surface area (Å²) in [5.74, 6) is 0.609. The van der Waals surface area contributed by atoms with E-state index < -0.39 is 10.8 Å². The van der Waals surface area contributed by atoms with Gasteiger partial charge in [-0.15, -0.1) is 0 Å². The van der Waals surface area contributed by atoms with Gasteiger partial charge in [-0.2, -0.15) is 4.98 Å². The zero-order chi connectivity index (χ0) is 24.1. The summed E-state index contributed by atoms with van der Waals surface area (Å²) in [6.45, 7) is 1.88. The molecule has 0 unspecified atom stereocenters. The summed E-state index contributed by atoms with van der Waals surface area (Å²) in [7, 11) is 0. The van der Waals surface area contributed by atoms with E-state index in [0.29, 0.717) is 17.5 Å². The molecule has 0 radical (unpaired) electrons. The zero-order valence-electron chi connectivity index (χ0n) is 17.9. The molecule has 3 aromatic carbocycles. The number of nitro benzene ring substituents is 1. The predicted molar refractivity (Wildman–Crippen MR) is 132 cm³/mol. The van der Waals surface area contributed by atoms with Gasteiger partial charge in [0, 0.05) is 41.0 Å². The molecule has 10 heteroatoms. The molecule has 4 aromatic rings. The summed E-state index contributed by atoms with van der Waals surface area (Å²) >= 11 is 6.03. The van der Waals surface area contributed by atoms with Gasteiger partial charge in [0.05, 0.1) is 15.5 Å². The predicted octanol–water partition coefficient (Wildman–Crippen LogP) is 6.09. The minimum absolute atomic E-state index is 0.00139. The molecule has 4 rings (SSSR count). The van der Waals surface area contributed by atoms with Crippen molar-refractivity contribution in [1.29, 1.82) is 0 Å². The Bertz CT molecular complexity index is 1350. The molecule has 0 bridgehead atoms. The lowest BCUT2D eigenvalue weighted by molar-refractivity contribution is -0.384. The molecule has 0 aliphatic carbocycles. The van der Waals surface area contributed by atoms with E-state index in [1.165, 1.54) is 12.1 Å². The number of nitrogens with one attached hydrogen (secondary N) is 3. The number of anilines is 5. The van der Waals surface area contributed by atoms with Crippen molar-refractivity contribution in [2.75, 3.05) is 16.0 Å². The van der Waals surface area contributed by atoms with Crippen molar-refractivity contribution in [3.63, 3.8) is 0 Å². The van der Waals surface area contributed by atoms with Crippen LogP contribution < -0.4 is 16.0 Å². The highest BCUT2D eigenvalue weighted by atomic mass is 35.5. The molecule has 1 heterocycles. The van der Waals surface area contributed by atoms with Crippen LogP contribution in [0.15, 0.2) is 78.9 Å². The summed E-state index contributed by atoms with van der Waals surface area (Å²) < 4.78 is 0. The highest BCUT2D eigenvalue weighted by molar-refractivity contribution is 6.34. The van der Waals surface area contributed by atoms with Crippen molar-refractivity contribution in [3.05, 3.63) is 105 Å². The van der Waals surface area contributed by atoms with E-state index in [1.807, 2.05) is 43.3 Å². The Labute approximate surface area is 200 Å². The molecule has 3 N–H and O–H groups in total. The van der Waals surface area contributed by atoms with E-state index in [9.17, 15) is 14.9 Å². The number of amides is 1. The fraction of sp³-hybridized carbons (Fsp3) is 0.0417. The van der Waals surface area contributed by atoms with Crippen LogP contribution in [-0.4, -0.2) is 20.8 Å². The average Bonchev–Trinajstić information content (AvgIpc) is 2.80. The molecule has 0 aliphatic heterocycles. The van der Waals surface area contributed by atoms with E-state index in [-0.39, 0.29) is 16.3 Å². The first-order valence-electron chi connectivity index (χ1n) is 10.2. The van der Waals surface area contributed by atoms with Crippen molar-refractivity contribution in [1.82, 2.24) is 9.97 Å². The van der Waals surface area contributed by atoms with Crippen molar-refractivity contribution < 1.29 is 9.72 Å². The third kappa shape index (κ3) is 5.64. The second-order valence-corrected chi connectivity index (χ2v) is 7.69. The molecule has 0 atom stereocenters. The van der Waals surface area contributed by atoms with Gasteiger partial charge in [-0.1, -0.05) is 29.8 Å². The smallest absolute Gasteiger partial charge is 0.270 e. The van der Waals surface area contributed by atoms with Gasteiger partial charge in [0.15, 0.2) is 0 Å². The molecule has 9 nitrogen and oxygen atoms in total. The van der Waals surface area contributed by atoms with Crippen LogP contribution in [0, 0.1) is 17.0 Å². The monoisotopic (exact) mass is 474 g/mol. The van der Waals surface area contributed by atoms with Crippen LogP contribution in [0.2, 0.25) is 5.02 Å². The van der Waals surface area contributed by atoms with Gasteiger partial charge in [-0.25, -0.2) is 4.98 Å². The Morgan fingerprint density at radius 2 is 1.56 bits per heavy atom. The number of para-hydroxylation sites is 1. The fourth-order valence-corrected chi connectivity index (χ4v) is 3.38. The minimum atomic E-state index is -0.572. The number of nitrogens with zero attached hydrogens (tertiary/aromatic N) is 3. The summed E-state index contributed by atoms with van der Waals surface area (Å²) in [6.07, 6.45) is 0. The van der Waals surface area contributed by atoms with E-state index in [1.54, 1.807) is 24.3 Å². The number of hydrogen-bond acceptors (Lipinski definition) is 7. The second-order valence-electron chi connectivity index (χ2n) is 7.29. The second kappa shape index (κ2) is 9.97. The van der Waals surface area contributed by atoms with E-state index in [2.05, 4.69) is 25.9 Å². The van der Waals surface area contributed by atoms with Gasteiger partial charge in [-0.05, 0) is 49.4 Å². The molecular weight excluding hydrogens is 456 g/mol. The summed E-state index contributed by atoms with van der Waals surface area (Å²) in [5, 5.41) is 20.0. The number of nitro groups is 1. The number of benzene rings is 3. The van der Waals surface area contributed by atoms with Crippen molar-refractivity contribution >= 4 is 52.0 Å². The quantitative estimate of drug-likeness (QED) is 0.219. The largest absolute Gasteiger partial charge is 0.340 e. The molecule has 0 saturated carbocycles. The van der Waals surface area contributed by atoms with Crippen LogP contribution in [0.1, 0.15) is 16.1 Å². The first-order valence-corrected chi connectivity index (χ1v) is 10.6. The van der Waals surface area contributed by atoms with Gasteiger partial charge in [0.25, 0.3) is 11.6 Å². The van der Waals surface area contributed by atoms with Gasteiger partial charge >= 0.3 is 0 Å². The Hall–Kier alpha value is -4.50. The highest BCUT2D eigenvalue weighted by Gasteiger charge is 2.15. The normalized spacial score (nSPS) is 10.4. The standard InChI is InChI=1S/C24H19ClN6O3/c1-15-13-22(27-16-5-3-2-4-6-16)30-24(26-15)29-18-9-7-17(8-10-18)28-23(32)20-12-11-19(31(33)34)14-21(20)25/h2-14H,1H3,(H,28,32)(H2,26,27,29,30). The Balaban J connectivity index is 1.43. The lowest BCUT2D eigenvalue weighted by atomic mass is 10.2. The molecule has 0 aliphatic rings. The number of aryl methyl sites for hydroxylation is 1. The molecule has 170 valence electrons. The Morgan fingerprint density at radius 3 is 2.24 bits per heavy atom. The number of non-ortho nitro benzene ring substituents is 1. The van der Waals surface area contributed by atoms with Crippen LogP contribution >= 0.6 is 11.6 Å². The molecular formula is C24H19ClN6O3. The molecule has 1 aromatic heterocycles. The number of rotatable bonds is 7. The molecule has 1 amide bonds. The van der Waals surface area contributed by atoms with E-state index in [4.69, 9.17) is 11.6 Å². The van der Waals surface area contributed by atoms with Crippen molar-refractivity contribution in [2.24, 2.45) is 0 Å². The third-order valence-corrected chi connectivity index (χ3v) is 5.02. The van der Waals surface area contributed by atoms with Crippen molar-refractivity contribution in [3.8, 4) is 0 Å². The first kappa shape index (κ1) is 22.7. The topological polar surface area (TPSA) is 122 Å². The van der Waals surface area contributed by atoms with Crippen LogP contribution in [-0.2, 0) is 0 Å². The third-order valence-electron chi connectivity index (χ3n) is 4.71. The van der Waals surface area contributed by atoms with Crippen LogP contribution in [0.4, 0.5) is 34.5 Å². The number of aromatic nitrogens is 2. The minimum Gasteiger partial charge on any atom is -0.340 e. The number of hydrogen-bond donors (Lipinski definition) is 3. The summed E-state index contributed by atoms with van der Waals surface area (Å²) in [4.78, 5) is 31.7. The summed E-state index contributed by atoms with van der Waals surface area (Å²) in [5.41, 5.74) is 2.92. The molecule has 0 saturated heterocycles. The lowest BCUT2D eigenvalue weighted by Crippen LogP contribution is -2.12. The molecule has 0 spiro atoms. The zero-order valence-corrected chi connectivity index (χ0v) is 18.7. The Kier molecular flexibility index (Phi) is 6.65. The van der Waals surface area contributed by atoms with Gasteiger partial charge < -0.3 is 16.0 Å². The van der Waals surface area contributed by atoms with Gasteiger partial charge in [0.1, 0.15) is 5.82 Å². The average molecular weight is 475 g/mol. The summed E-state index contributed by atoms with van der Waals surface area (Å²) in [6, 6.07) is 22.2. The number of carbonyl (C=O) groups excluding carboxylic acids is 1. The number of halogens is 1. The lowest BCUT2D eigenvalue weighted by Gasteiger charge is -2.11. The van der Waals surface area contributed by atoms with Crippen LogP contribution in [0.3, 0.4) is 0 Å². The van der Waals surface area contributed by atoms with Gasteiger partial charge in [0.2, 0.25) is 5.95 Å². The maximum atomic E-state index is 12.5. The van der Waals surface area contributed by atoms with Gasteiger partial charge in [-0.3, -0.25) is 14.9 Å². The van der Waals surface area contributed by atoms with E-state index in [0.717, 1.165) is 23.1 Å². The maximum absolute atomic E-state index is 12.5. The number of carbonyl (C=O) groups is 1. The Morgan fingerprint density at radius 1 is 0.882 bits per heavy atom. The van der Waals surface area contributed by atoms with E-state index >= 15 is 0 Å². The molecule has 34 heavy (non-hydrogen) atoms. The highest BCUT2D eigenvalue weighted by Crippen LogP contribution is 2.24. The fourth-order valence-electron chi connectivity index (χ4n) is 3.12. The van der Waals surface area contributed by atoms with Crippen LogP contribution in [0.5, 0.6) is 0 Å². The van der Waals surface area contributed by atoms with Crippen molar-refractivity contribution in [2.45, 2.75) is 6.92 Å². The SMILES string of the molecule is Cc1cc(Nc2ccccc2)nc(Nc2ccc(NC(=O)c3ccc([N+](=O)[O-])cc3Cl)cc2)n1. The first-order chi connectivity index (χ1) is 16.4. The molecule has 0 fully saturated rings.